The van der Waals surface area contributed by atoms with Gasteiger partial charge in [-0.1, -0.05) is 18.2 Å². The second-order valence-electron chi connectivity index (χ2n) is 4.54. The Morgan fingerprint density at radius 1 is 1.39 bits per heavy atom. The Kier molecular flexibility index (Phi) is 3.92. The molecule has 2 unspecified atom stereocenters. The minimum Gasteiger partial charge on any atom is -0.451 e. The van der Waals surface area contributed by atoms with Crippen LogP contribution in [0.4, 0.5) is 0 Å². The molecule has 96 valence electrons. The van der Waals surface area contributed by atoms with Crippen molar-refractivity contribution >= 4 is 28.5 Å². The smallest absolute Gasteiger partial charge is 0.287 e. The topological polar surface area (TPSA) is 42.2 Å². The number of rotatable bonds is 4. The van der Waals surface area contributed by atoms with Crippen molar-refractivity contribution in [2.24, 2.45) is 0 Å². The third-order valence-corrected chi connectivity index (χ3v) is 2.88. The number of para-hydroxylation sites is 1. The van der Waals surface area contributed by atoms with Crippen LogP contribution < -0.4 is 5.32 Å². The quantitative estimate of drug-likeness (QED) is 0.859. The van der Waals surface area contributed by atoms with Crippen LogP contribution in [0.3, 0.4) is 0 Å². The Hall–Kier alpha value is -1.48. The summed E-state index contributed by atoms with van der Waals surface area (Å²) in [5, 5.41) is 3.84. The summed E-state index contributed by atoms with van der Waals surface area (Å²) in [4.78, 5) is 12.0. The van der Waals surface area contributed by atoms with E-state index in [9.17, 15) is 4.79 Å². The number of carbonyl (C=O) groups excluding carboxylic acids is 1. The van der Waals surface area contributed by atoms with Gasteiger partial charge >= 0.3 is 0 Å². The molecule has 0 aliphatic rings. The molecule has 2 aromatic rings. The number of fused-ring (bicyclic) bond motifs is 1. The van der Waals surface area contributed by atoms with Crippen molar-refractivity contribution in [1.29, 1.82) is 0 Å². The molecule has 1 heterocycles. The number of hydrogen-bond donors (Lipinski definition) is 1. The minimum atomic E-state index is -0.198. The fraction of sp³-hybridized carbons (Fsp3) is 0.357. The molecule has 0 spiro atoms. The lowest BCUT2D eigenvalue weighted by Crippen LogP contribution is -2.33. The first-order chi connectivity index (χ1) is 8.56. The van der Waals surface area contributed by atoms with Crippen molar-refractivity contribution in [3.05, 3.63) is 36.1 Å². The average molecular weight is 266 g/mol. The van der Waals surface area contributed by atoms with E-state index in [0.29, 0.717) is 5.76 Å². The molecule has 0 fully saturated rings. The number of halogens is 1. The highest BCUT2D eigenvalue weighted by Gasteiger charge is 2.15. The molecule has 1 aromatic carbocycles. The van der Waals surface area contributed by atoms with Gasteiger partial charge in [0.15, 0.2) is 5.76 Å². The fourth-order valence-corrected chi connectivity index (χ4v) is 2.20. The van der Waals surface area contributed by atoms with Crippen molar-refractivity contribution in [3.8, 4) is 0 Å². The van der Waals surface area contributed by atoms with E-state index in [2.05, 4.69) is 5.32 Å². The summed E-state index contributed by atoms with van der Waals surface area (Å²) in [5.41, 5.74) is 0.723. The van der Waals surface area contributed by atoms with E-state index in [0.717, 1.165) is 17.4 Å². The van der Waals surface area contributed by atoms with Gasteiger partial charge in [-0.25, -0.2) is 0 Å². The van der Waals surface area contributed by atoms with Crippen LogP contribution in [-0.2, 0) is 0 Å². The molecular weight excluding hydrogens is 250 g/mol. The number of furan rings is 1. The maximum atomic E-state index is 12.0. The maximum absolute atomic E-state index is 12.0. The molecule has 0 saturated heterocycles. The Morgan fingerprint density at radius 3 is 2.78 bits per heavy atom. The molecule has 1 amide bonds. The number of alkyl halides is 1. The van der Waals surface area contributed by atoms with Crippen molar-refractivity contribution < 1.29 is 9.21 Å². The summed E-state index contributed by atoms with van der Waals surface area (Å²) in [5.74, 6) is 0.140. The molecular formula is C14H16ClNO2. The first-order valence-corrected chi connectivity index (χ1v) is 6.43. The van der Waals surface area contributed by atoms with Gasteiger partial charge in [-0.3, -0.25) is 4.79 Å². The predicted octanol–water partition coefficient (Wildman–Crippen LogP) is 3.57. The second kappa shape index (κ2) is 5.44. The van der Waals surface area contributed by atoms with Gasteiger partial charge in [-0.15, -0.1) is 11.6 Å². The highest BCUT2D eigenvalue weighted by atomic mass is 35.5. The zero-order valence-electron chi connectivity index (χ0n) is 10.4. The Labute approximate surface area is 111 Å². The molecule has 0 aliphatic heterocycles. The highest BCUT2D eigenvalue weighted by Crippen LogP contribution is 2.18. The van der Waals surface area contributed by atoms with Gasteiger partial charge in [-0.05, 0) is 32.4 Å². The monoisotopic (exact) mass is 265 g/mol. The molecule has 18 heavy (non-hydrogen) atoms. The van der Waals surface area contributed by atoms with Crippen LogP contribution in [0.5, 0.6) is 0 Å². The van der Waals surface area contributed by atoms with Crippen LogP contribution in [0.2, 0.25) is 0 Å². The Morgan fingerprint density at radius 2 is 2.11 bits per heavy atom. The lowest BCUT2D eigenvalue weighted by molar-refractivity contribution is 0.0912. The van der Waals surface area contributed by atoms with Crippen LogP contribution in [0, 0.1) is 0 Å². The van der Waals surface area contributed by atoms with Gasteiger partial charge in [0.05, 0.1) is 0 Å². The van der Waals surface area contributed by atoms with Gasteiger partial charge in [0.25, 0.3) is 5.91 Å². The average Bonchev–Trinajstić information content (AvgIpc) is 2.71. The van der Waals surface area contributed by atoms with Crippen LogP contribution in [0.25, 0.3) is 11.0 Å². The first kappa shape index (κ1) is 13.0. The fourth-order valence-electron chi connectivity index (χ4n) is 1.93. The standard InChI is InChI=1S/C14H16ClNO2/c1-9(15)7-10(2)16-14(17)13-8-11-5-3-4-6-12(11)18-13/h3-6,8-10H,7H2,1-2H3,(H,16,17). The normalized spacial score (nSPS) is 14.4. The summed E-state index contributed by atoms with van der Waals surface area (Å²) in [7, 11) is 0. The molecule has 4 heteroatoms. The molecule has 3 nitrogen and oxygen atoms in total. The van der Waals surface area contributed by atoms with E-state index in [4.69, 9.17) is 16.0 Å². The zero-order valence-corrected chi connectivity index (χ0v) is 11.2. The lowest BCUT2D eigenvalue weighted by atomic mass is 10.2. The molecule has 2 rings (SSSR count). The van der Waals surface area contributed by atoms with Gasteiger partial charge < -0.3 is 9.73 Å². The largest absolute Gasteiger partial charge is 0.451 e. The van der Waals surface area contributed by atoms with E-state index >= 15 is 0 Å². The molecule has 0 aliphatic carbocycles. The maximum Gasteiger partial charge on any atom is 0.287 e. The van der Waals surface area contributed by atoms with Gasteiger partial charge in [-0.2, -0.15) is 0 Å². The van der Waals surface area contributed by atoms with E-state index in [1.54, 1.807) is 6.07 Å². The first-order valence-electron chi connectivity index (χ1n) is 6.00. The van der Waals surface area contributed by atoms with E-state index in [-0.39, 0.29) is 17.3 Å². The lowest BCUT2D eigenvalue weighted by Gasteiger charge is -2.13. The highest BCUT2D eigenvalue weighted by molar-refractivity contribution is 6.20. The third kappa shape index (κ3) is 3.05. The van der Waals surface area contributed by atoms with Crippen molar-refractivity contribution in [2.75, 3.05) is 0 Å². The van der Waals surface area contributed by atoms with Crippen LogP contribution in [-0.4, -0.2) is 17.3 Å². The van der Waals surface area contributed by atoms with Crippen molar-refractivity contribution in [1.82, 2.24) is 5.32 Å². The number of amides is 1. The summed E-state index contributed by atoms with van der Waals surface area (Å²) in [6.45, 7) is 3.84. The number of carbonyl (C=O) groups is 1. The van der Waals surface area contributed by atoms with Crippen LogP contribution in [0.1, 0.15) is 30.8 Å². The number of hydrogen-bond acceptors (Lipinski definition) is 2. The molecule has 2 atom stereocenters. The van der Waals surface area contributed by atoms with E-state index in [1.807, 2.05) is 38.1 Å². The van der Waals surface area contributed by atoms with Gasteiger partial charge in [0.2, 0.25) is 0 Å². The van der Waals surface area contributed by atoms with E-state index < -0.39 is 0 Å². The molecule has 0 radical (unpaired) electrons. The molecule has 1 aromatic heterocycles. The van der Waals surface area contributed by atoms with Crippen molar-refractivity contribution in [2.45, 2.75) is 31.7 Å². The predicted molar refractivity (Wildman–Crippen MR) is 73.1 cm³/mol. The Balaban J connectivity index is 2.09. The van der Waals surface area contributed by atoms with Crippen molar-refractivity contribution in [3.63, 3.8) is 0 Å². The summed E-state index contributed by atoms with van der Waals surface area (Å²) < 4.78 is 5.49. The second-order valence-corrected chi connectivity index (χ2v) is 5.28. The van der Waals surface area contributed by atoms with E-state index in [1.165, 1.54) is 0 Å². The molecule has 0 bridgehead atoms. The SMILES string of the molecule is CC(Cl)CC(C)NC(=O)c1cc2ccccc2o1. The third-order valence-electron chi connectivity index (χ3n) is 2.71. The number of benzene rings is 1. The number of nitrogens with one attached hydrogen (secondary N) is 1. The summed E-state index contributed by atoms with van der Waals surface area (Å²) in [6, 6.07) is 9.33. The summed E-state index contributed by atoms with van der Waals surface area (Å²) >= 11 is 5.89. The minimum absolute atomic E-state index is 0.0261. The van der Waals surface area contributed by atoms with Gasteiger partial charge in [0, 0.05) is 16.8 Å². The summed E-state index contributed by atoms with van der Waals surface area (Å²) in [6.07, 6.45) is 0.730. The van der Waals surface area contributed by atoms with Crippen LogP contribution in [0.15, 0.2) is 34.7 Å². The van der Waals surface area contributed by atoms with Crippen LogP contribution >= 0.6 is 11.6 Å². The Bertz CT molecular complexity index is 514. The molecule has 1 N–H and O–H groups in total. The molecule has 0 saturated carbocycles. The van der Waals surface area contributed by atoms with Gasteiger partial charge in [0.1, 0.15) is 5.58 Å². The zero-order chi connectivity index (χ0) is 13.1.